The summed E-state index contributed by atoms with van der Waals surface area (Å²) in [5.74, 6) is 0.675. The summed E-state index contributed by atoms with van der Waals surface area (Å²) in [5, 5.41) is 2.82. The smallest absolute Gasteiger partial charge is 0.287 e. The molecule has 2 aromatic heterocycles. The summed E-state index contributed by atoms with van der Waals surface area (Å²) >= 11 is 0. The number of aromatic nitrogens is 4. The molecule has 4 N–H and O–H groups in total. The van der Waals surface area contributed by atoms with Crippen molar-refractivity contribution in [3.63, 3.8) is 0 Å². The first-order valence-electron chi connectivity index (χ1n) is 5.71. The Morgan fingerprint density at radius 1 is 1.56 bits per heavy atom. The zero-order valence-electron chi connectivity index (χ0n) is 10.2. The van der Waals surface area contributed by atoms with E-state index in [1.165, 1.54) is 0 Å². The van der Waals surface area contributed by atoms with Gasteiger partial charge in [-0.05, 0) is 12.8 Å². The highest BCUT2D eigenvalue weighted by Crippen LogP contribution is 2.01. The highest BCUT2D eigenvalue weighted by molar-refractivity contribution is 5.90. The molecule has 0 aromatic carbocycles. The van der Waals surface area contributed by atoms with Crippen LogP contribution in [0.5, 0.6) is 0 Å². The van der Waals surface area contributed by atoms with Gasteiger partial charge in [0.15, 0.2) is 11.8 Å². The molecular formula is C11H16N6O. The van der Waals surface area contributed by atoms with Crippen LogP contribution in [0.2, 0.25) is 0 Å². The molecule has 0 saturated heterocycles. The molecule has 0 unspecified atom stereocenters. The van der Waals surface area contributed by atoms with Gasteiger partial charge in [0, 0.05) is 31.7 Å². The number of nitrogens with two attached hydrogens (primary N) is 1. The number of nitrogens with zero attached hydrogens (tertiary/aromatic N) is 3. The van der Waals surface area contributed by atoms with Gasteiger partial charge in [0.25, 0.3) is 5.91 Å². The number of carbonyl (C=O) groups excluding carboxylic acids is 1. The fourth-order valence-corrected chi connectivity index (χ4v) is 1.65. The van der Waals surface area contributed by atoms with Crippen LogP contribution in [0.25, 0.3) is 0 Å². The van der Waals surface area contributed by atoms with E-state index in [4.69, 9.17) is 5.73 Å². The van der Waals surface area contributed by atoms with Crippen LogP contribution in [0.3, 0.4) is 0 Å². The molecule has 0 spiro atoms. The summed E-state index contributed by atoms with van der Waals surface area (Å²) in [4.78, 5) is 22.5. The summed E-state index contributed by atoms with van der Waals surface area (Å²) in [6.07, 6.45) is 6.66. The Labute approximate surface area is 104 Å². The van der Waals surface area contributed by atoms with Gasteiger partial charge >= 0.3 is 0 Å². The number of hydrogen-bond acceptors (Lipinski definition) is 4. The number of aryl methyl sites for hydroxylation is 2. The maximum Gasteiger partial charge on any atom is 0.287 e. The van der Waals surface area contributed by atoms with E-state index in [1.807, 2.05) is 0 Å². The van der Waals surface area contributed by atoms with Crippen LogP contribution in [0.15, 0.2) is 18.6 Å². The van der Waals surface area contributed by atoms with E-state index in [0.29, 0.717) is 18.3 Å². The minimum absolute atomic E-state index is 0.161. The van der Waals surface area contributed by atoms with Crippen LogP contribution in [0.1, 0.15) is 22.7 Å². The molecule has 1 amide bonds. The second-order valence-corrected chi connectivity index (χ2v) is 4.01. The van der Waals surface area contributed by atoms with E-state index in [9.17, 15) is 4.79 Å². The quantitative estimate of drug-likeness (QED) is 0.652. The van der Waals surface area contributed by atoms with E-state index in [0.717, 1.165) is 18.5 Å². The summed E-state index contributed by atoms with van der Waals surface area (Å²) in [7, 11) is 1.79. The fraction of sp³-hybridized carbons (Fsp3) is 0.364. The average molecular weight is 248 g/mol. The standard InChI is InChI=1S/C11H16N6O/c1-17-6-5-13-9(17)10(18)14-4-2-3-8-7-15-11(12)16-8/h5-7H,2-4H2,1H3,(H,14,18)(H3,12,15,16). The minimum Gasteiger partial charge on any atom is -0.369 e. The number of amides is 1. The Morgan fingerprint density at radius 2 is 2.39 bits per heavy atom. The number of imidazole rings is 2. The van der Waals surface area contributed by atoms with Gasteiger partial charge in [-0.1, -0.05) is 0 Å². The Balaban J connectivity index is 1.73. The molecule has 2 rings (SSSR count). The van der Waals surface area contributed by atoms with Crippen LogP contribution >= 0.6 is 0 Å². The summed E-state index contributed by atoms with van der Waals surface area (Å²) < 4.78 is 1.69. The predicted octanol–water partition coefficient (Wildman–Crippen LogP) is 0.0880. The maximum absolute atomic E-state index is 11.7. The third-order valence-electron chi connectivity index (χ3n) is 2.58. The lowest BCUT2D eigenvalue weighted by atomic mass is 10.2. The molecule has 0 aliphatic heterocycles. The number of anilines is 1. The summed E-state index contributed by atoms with van der Waals surface area (Å²) in [6.45, 7) is 0.588. The Kier molecular flexibility index (Phi) is 3.61. The van der Waals surface area contributed by atoms with Gasteiger partial charge in [0.2, 0.25) is 0 Å². The second-order valence-electron chi connectivity index (χ2n) is 4.01. The zero-order chi connectivity index (χ0) is 13.0. The van der Waals surface area contributed by atoms with Crippen LogP contribution < -0.4 is 11.1 Å². The molecule has 96 valence electrons. The van der Waals surface area contributed by atoms with Crippen molar-refractivity contribution in [3.05, 3.63) is 30.1 Å². The van der Waals surface area contributed by atoms with E-state index >= 15 is 0 Å². The van der Waals surface area contributed by atoms with Crippen LogP contribution in [-0.4, -0.2) is 32.0 Å². The van der Waals surface area contributed by atoms with Crippen LogP contribution in [0, 0.1) is 0 Å². The van der Waals surface area contributed by atoms with E-state index in [1.54, 1.807) is 30.2 Å². The molecule has 7 nitrogen and oxygen atoms in total. The van der Waals surface area contributed by atoms with Gasteiger partial charge in [0.05, 0.1) is 6.20 Å². The van der Waals surface area contributed by atoms with Crippen molar-refractivity contribution < 1.29 is 4.79 Å². The van der Waals surface area contributed by atoms with Crippen molar-refractivity contribution in [2.75, 3.05) is 12.3 Å². The molecule has 0 aliphatic rings. The highest BCUT2D eigenvalue weighted by Gasteiger charge is 2.09. The molecule has 0 saturated carbocycles. The first-order valence-corrected chi connectivity index (χ1v) is 5.71. The van der Waals surface area contributed by atoms with Crippen molar-refractivity contribution >= 4 is 11.9 Å². The van der Waals surface area contributed by atoms with Crippen molar-refractivity contribution in [1.29, 1.82) is 0 Å². The number of aromatic amines is 1. The molecule has 0 bridgehead atoms. The summed E-state index contributed by atoms with van der Waals surface area (Å²) in [6, 6.07) is 0. The summed E-state index contributed by atoms with van der Waals surface area (Å²) in [5.41, 5.74) is 6.44. The SMILES string of the molecule is Cn1ccnc1C(=O)NCCCc1cnc(N)[nH]1. The Bertz CT molecular complexity index is 529. The number of hydrogen-bond donors (Lipinski definition) is 3. The number of H-pyrrole nitrogens is 1. The molecule has 2 heterocycles. The van der Waals surface area contributed by atoms with Gasteiger partial charge in [-0.25, -0.2) is 9.97 Å². The van der Waals surface area contributed by atoms with E-state index < -0.39 is 0 Å². The van der Waals surface area contributed by atoms with Crippen LogP contribution in [-0.2, 0) is 13.5 Å². The van der Waals surface area contributed by atoms with Crippen molar-refractivity contribution in [2.24, 2.45) is 7.05 Å². The lowest BCUT2D eigenvalue weighted by molar-refractivity contribution is 0.0940. The average Bonchev–Trinajstić information content (AvgIpc) is 2.93. The third-order valence-corrected chi connectivity index (χ3v) is 2.58. The molecule has 7 heteroatoms. The molecule has 0 radical (unpaired) electrons. The number of carbonyl (C=O) groups is 1. The van der Waals surface area contributed by atoms with Gasteiger partial charge < -0.3 is 20.6 Å². The largest absolute Gasteiger partial charge is 0.369 e. The number of nitrogen functional groups attached to an aromatic ring is 1. The highest BCUT2D eigenvalue weighted by atomic mass is 16.2. The Morgan fingerprint density at radius 3 is 3.00 bits per heavy atom. The zero-order valence-corrected chi connectivity index (χ0v) is 10.2. The predicted molar refractivity (Wildman–Crippen MR) is 66.9 cm³/mol. The molecule has 2 aromatic rings. The molecule has 0 fully saturated rings. The van der Waals surface area contributed by atoms with E-state index in [-0.39, 0.29) is 5.91 Å². The first kappa shape index (κ1) is 12.2. The molecular weight excluding hydrogens is 232 g/mol. The second kappa shape index (κ2) is 5.35. The monoisotopic (exact) mass is 248 g/mol. The van der Waals surface area contributed by atoms with Gasteiger partial charge in [0.1, 0.15) is 0 Å². The van der Waals surface area contributed by atoms with Crippen molar-refractivity contribution in [1.82, 2.24) is 24.8 Å². The lowest BCUT2D eigenvalue weighted by Crippen LogP contribution is -2.27. The number of rotatable bonds is 5. The van der Waals surface area contributed by atoms with Gasteiger partial charge in [-0.15, -0.1) is 0 Å². The van der Waals surface area contributed by atoms with Gasteiger partial charge in [-0.2, -0.15) is 0 Å². The fourth-order valence-electron chi connectivity index (χ4n) is 1.65. The third kappa shape index (κ3) is 2.88. The molecule has 0 atom stereocenters. The van der Waals surface area contributed by atoms with Crippen molar-refractivity contribution in [3.8, 4) is 0 Å². The Hall–Kier alpha value is -2.31. The molecule has 18 heavy (non-hydrogen) atoms. The first-order chi connectivity index (χ1) is 8.66. The van der Waals surface area contributed by atoms with E-state index in [2.05, 4.69) is 20.3 Å². The normalized spacial score (nSPS) is 10.5. The lowest BCUT2D eigenvalue weighted by Gasteiger charge is -2.04. The molecule has 0 aliphatic carbocycles. The van der Waals surface area contributed by atoms with Gasteiger partial charge in [-0.3, -0.25) is 4.79 Å². The maximum atomic E-state index is 11.7. The van der Waals surface area contributed by atoms with Crippen molar-refractivity contribution in [2.45, 2.75) is 12.8 Å². The topological polar surface area (TPSA) is 102 Å². The van der Waals surface area contributed by atoms with Crippen LogP contribution in [0.4, 0.5) is 5.95 Å². The number of nitrogens with one attached hydrogen (secondary N) is 2. The minimum atomic E-state index is -0.161.